The Balaban J connectivity index is 1.08. The third kappa shape index (κ3) is 6.42. The van der Waals surface area contributed by atoms with Crippen LogP contribution in [0.5, 0.6) is 0 Å². The number of nitrogens with one attached hydrogen (secondary N) is 2. The van der Waals surface area contributed by atoms with Crippen molar-refractivity contribution in [2.45, 2.75) is 76.2 Å². The standard InChI is InChI=1S/C30H41N7O2/c38-29(37(20-27-31-12-13-32-27)21-28-33-14-15-34-28)25-9-7-24(8-10-25)19-35-17-18-39-30(22-35)11-4-16-36(23-30)26-5-2-1-3-6-26/h7-10,12-15,26H,1-6,11,16-23H2,(H,31,32)(H,33,34). The zero-order valence-corrected chi connectivity index (χ0v) is 22.9. The van der Waals surface area contributed by atoms with E-state index in [0.717, 1.165) is 56.9 Å². The minimum absolute atomic E-state index is 0.0373. The summed E-state index contributed by atoms with van der Waals surface area (Å²) in [5.74, 6) is 1.46. The van der Waals surface area contributed by atoms with Crippen LogP contribution in [0.2, 0.25) is 0 Å². The summed E-state index contributed by atoms with van der Waals surface area (Å²) >= 11 is 0. The van der Waals surface area contributed by atoms with Gasteiger partial charge in [0.05, 0.1) is 25.3 Å². The Morgan fingerprint density at radius 2 is 1.67 bits per heavy atom. The zero-order chi connectivity index (χ0) is 26.5. The summed E-state index contributed by atoms with van der Waals surface area (Å²) in [6.07, 6.45) is 16.2. The maximum Gasteiger partial charge on any atom is 0.254 e. The van der Waals surface area contributed by atoms with Gasteiger partial charge in [0, 0.05) is 62.6 Å². The number of hydrogen-bond donors (Lipinski definition) is 2. The third-order valence-corrected chi connectivity index (χ3v) is 8.67. The number of amides is 1. The largest absolute Gasteiger partial charge is 0.371 e. The number of ether oxygens (including phenoxy) is 1. The number of aromatic nitrogens is 4. The van der Waals surface area contributed by atoms with Gasteiger partial charge in [-0.15, -0.1) is 0 Å². The number of hydrogen-bond acceptors (Lipinski definition) is 6. The number of carbonyl (C=O) groups is 1. The SMILES string of the molecule is O=C(c1ccc(CN2CCOC3(CCCN(C4CCCCC4)C3)C2)cc1)N(Cc1ncc[nH]1)Cc1ncc[nH]1. The van der Waals surface area contributed by atoms with Crippen LogP contribution in [0.15, 0.2) is 49.1 Å². The van der Waals surface area contributed by atoms with Gasteiger partial charge >= 0.3 is 0 Å². The second kappa shape index (κ2) is 12.0. The molecular weight excluding hydrogens is 490 g/mol. The van der Waals surface area contributed by atoms with E-state index in [2.05, 4.69) is 41.9 Å². The van der Waals surface area contributed by atoms with Gasteiger partial charge in [0.2, 0.25) is 0 Å². The molecule has 208 valence electrons. The summed E-state index contributed by atoms with van der Waals surface area (Å²) in [5.41, 5.74) is 1.86. The van der Waals surface area contributed by atoms with E-state index in [1.807, 2.05) is 12.1 Å². The summed E-state index contributed by atoms with van der Waals surface area (Å²) in [6.45, 7) is 6.69. The van der Waals surface area contributed by atoms with E-state index in [1.54, 1.807) is 29.7 Å². The lowest BCUT2D eigenvalue weighted by atomic mass is 9.86. The molecule has 1 amide bonds. The minimum Gasteiger partial charge on any atom is -0.371 e. The normalized spacial score (nSPS) is 23.3. The van der Waals surface area contributed by atoms with Crippen molar-refractivity contribution in [3.8, 4) is 0 Å². The van der Waals surface area contributed by atoms with E-state index in [4.69, 9.17) is 4.74 Å². The number of imidazole rings is 2. The fraction of sp³-hybridized carbons (Fsp3) is 0.567. The van der Waals surface area contributed by atoms with Crippen molar-refractivity contribution < 1.29 is 9.53 Å². The molecule has 6 rings (SSSR count). The Hall–Kier alpha value is -3.01. The van der Waals surface area contributed by atoms with Crippen molar-refractivity contribution in [3.63, 3.8) is 0 Å². The first-order valence-corrected chi connectivity index (χ1v) is 14.6. The molecule has 0 bridgehead atoms. The maximum atomic E-state index is 13.5. The van der Waals surface area contributed by atoms with Crippen LogP contribution in [0.3, 0.4) is 0 Å². The van der Waals surface area contributed by atoms with Crippen molar-refractivity contribution in [3.05, 3.63) is 71.8 Å². The maximum absolute atomic E-state index is 13.5. The Kier molecular flexibility index (Phi) is 8.08. The lowest BCUT2D eigenvalue weighted by Crippen LogP contribution is -2.61. The van der Waals surface area contributed by atoms with Gasteiger partial charge in [-0.3, -0.25) is 14.6 Å². The van der Waals surface area contributed by atoms with Gasteiger partial charge in [0.15, 0.2) is 0 Å². The average molecular weight is 532 g/mol. The van der Waals surface area contributed by atoms with Crippen LogP contribution in [-0.4, -0.2) is 85.0 Å². The molecule has 2 aromatic heterocycles. The van der Waals surface area contributed by atoms with Crippen molar-refractivity contribution in [1.82, 2.24) is 34.6 Å². The highest BCUT2D eigenvalue weighted by atomic mass is 16.5. The molecule has 4 heterocycles. The molecule has 1 saturated carbocycles. The smallest absolute Gasteiger partial charge is 0.254 e. The van der Waals surface area contributed by atoms with Crippen LogP contribution >= 0.6 is 0 Å². The number of piperidine rings is 1. The fourth-order valence-electron chi connectivity index (χ4n) is 6.72. The number of rotatable bonds is 8. The molecule has 3 fully saturated rings. The first-order chi connectivity index (χ1) is 19.2. The summed E-state index contributed by atoms with van der Waals surface area (Å²) in [6, 6.07) is 8.86. The van der Waals surface area contributed by atoms with Gasteiger partial charge in [-0.25, -0.2) is 9.97 Å². The predicted octanol–water partition coefficient (Wildman–Crippen LogP) is 3.97. The van der Waals surface area contributed by atoms with Gasteiger partial charge in [-0.2, -0.15) is 0 Å². The molecule has 1 aliphatic carbocycles. The molecular formula is C30H41N7O2. The molecule has 3 aliphatic rings. The second-order valence-corrected chi connectivity index (χ2v) is 11.5. The van der Waals surface area contributed by atoms with E-state index < -0.39 is 0 Å². The number of carbonyl (C=O) groups excluding carboxylic acids is 1. The number of H-pyrrole nitrogens is 2. The Morgan fingerprint density at radius 3 is 2.33 bits per heavy atom. The van der Waals surface area contributed by atoms with E-state index in [1.165, 1.54) is 50.6 Å². The molecule has 2 aliphatic heterocycles. The molecule has 1 aromatic carbocycles. The highest BCUT2D eigenvalue weighted by Gasteiger charge is 2.42. The Morgan fingerprint density at radius 1 is 0.949 bits per heavy atom. The van der Waals surface area contributed by atoms with Gasteiger partial charge in [-0.05, 0) is 49.9 Å². The van der Waals surface area contributed by atoms with Crippen LogP contribution in [-0.2, 0) is 24.4 Å². The van der Waals surface area contributed by atoms with Gasteiger partial charge < -0.3 is 19.6 Å². The Bertz CT molecular complexity index is 1130. The molecule has 1 atom stereocenters. The predicted molar refractivity (Wildman–Crippen MR) is 149 cm³/mol. The molecule has 2 N–H and O–H groups in total. The lowest BCUT2D eigenvalue weighted by molar-refractivity contribution is -0.147. The van der Waals surface area contributed by atoms with Crippen LogP contribution in [0.4, 0.5) is 0 Å². The van der Waals surface area contributed by atoms with Crippen LogP contribution in [0.1, 0.15) is 72.5 Å². The van der Waals surface area contributed by atoms with Gasteiger partial charge in [-0.1, -0.05) is 31.4 Å². The number of likely N-dealkylation sites (tertiary alicyclic amines) is 1. The quantitative estimate of drug-likeness (QED) is 0.457. The zero-order valence-electron chi connectivity index (χ0n) is 22.9. The summed E-state index contributed by atoms with van der Waals surface area (Å²) in [7, 11) is 0. The van der Waals surface area contributed by atoms with Gasteiger partial charge in [0.1, 0.15) is 11.6 Å². The lowest BCUT2D eigenvalue weighted by Gasteiger charge is -2.50. The molecule has 9 nitrogen and oxygen atoms in total. The molecule has 1 spiro atoms. The topological polar surface area (TPSA) is 93.4 Å². The van der Waals surface area contributed by atoms with Crippen LogP contribution < -0.4 is 0 Å². The van der Waals surface area contributed by atoms with E-state index in [-0.39, 0.29) is 11.5 Å². The summed E-state index contributed by atoms with van der Waals surface area (Å²) in [4.78, 5) is 35.3. The summed E-state index contributed by atoms with van der Waals surface area (Å²) < 4.78 is 6.51. The number of benzene rings is 1. The third-order valence-electron chi connectivity index (χ3n) is 8.67. The van der Waals surface area contributed by atoms with E-state index in [9.17, 15) is 4.79 Å². The number of aromatic amines is 2. The summed E-state index contributed by atoms with van der Waals surface area (Å²) in [5, 5.41) is 0. The minimum atomic E-state index is -0.0396. The first kappa shape index (κ1) is 26.2. The van der Waals surface area contributed by atoms with Crippen LogP contribution in [0.25, 0.3) is 0 Å². The van der Waals surface area contributed by atoms with Crippen molar-refractivity contribution in [1.29, 1.82) is 0 Å². The first-order valence-electron chi connectivity index (χ1n) is 14.6. The average Bonchev–Trinajstić information content (AvgIpc) is 3.68. The van der Waals surface area contributed by atoms with E-state index >= 15 is 0 Å². The fourth-order valence-corrected chi connectivity index (χ4v) is 6.72. The van der Waals surface area contributed by atoms with Gasteiger partial charge in [0.25, 0.3) is 5.91 Å². The molecule has 0 radical (unpaired) electrons. The highest BCUT2D eigenvalue weighted by Crippen LogP contribution is 2.33. The monoisotopic (exact) mass is 531 g/mol. The molecule has 39 heavy (non-hydrogen) atoms. The van der Waals surface area contributed by atoms with E-state index in [0.29, 0.717) is 18.7 Å². The van der Waals surface area contributed by atoms with Crippen molar-refractivity contribution >= 4 is 5.91 Å². The Labute approximate surface area is 231 Å². The van der Waals surface area contributed by atoms with Crippen molar-refractivity contribution in [2.75, 3.05) is 32.8 Å². The molecule has 3 aromatic rings. The highest BCUT2D eigenvalue weighted by molar-refractivity contribution is 5.94. The molecule has 9 heteroatoms. The van der Waals surface area contributed by atoms with Crippen molar-refractivity contribution in [2.24, 2.45) is 0 Å². The van der Waals surface area contributed by atoms with Crippen LogP contribution in [0, 0.1) is 0 Å². The molecule has 2 saturated heterocycles. The molecule has 1 unspecified atom stereocenters. The second-order valence-electron chi connectivity index (χ2n) is 11.5. The number of nitrogens with zero attached hydrogens (tertiary/aromatic N) is 5. The number of morpholine rings is 1.